The van der Waals surface area contributed by atoms with Crippen molar-refractivity contribution in [2.45, 2.75) is 24.5 Å². The molecule has 1 aliphatic rings. The molecule has 0 unspecified atom stereocenters. The Balaban J connectivity index is 1.38. The Bertz CT molecular complexity index is 901. The Morgan fingerprint density at radius 1 is 1.33 bits per heavy atom. The molecule has 1 saturated heterocycles. The highest BCUT2D eigenvalue weighted by Gasteiger charge is 2.29. The summed E-state index contributed by atoms with van der Waals surface area (Å²) in [5.74, 6) is 0.376. The summed E-state index contributed by atoms with van der Waals surface area (Å²) in [5.41, 5.74) is 0.556. The lowest BCUT2D eigenvalue weighted by Crippen LogP contribution is -2.27. The Kier molecular flexibility index (Phi) is 6.48. The number of sulfone groups is 1. The molecule has 1 aromatic heterocycles. The molecule has 1 atom stereocenters. The maximum atomic E-state index is 13.5. The Labute approximate surface area is 161 Å². The normalized spacial score (nSPS) is 18.5. The van der Waals surface area contributed by atoms with Crippen LogP contribution in [-0.4, -0.2) is 48.3 Å². The number of aromatic nitrogens is 2. The van der Waals surface area contributed by atoms with Crippen molar-refractivity contribution in [3.63, 3.8) is 0 Å². The van der Waals surface area contributed by atoms with E-state index in [9.17, 15) is 17.6 Å². The zero-order chi connectivity index (χ0) is 19.3. The van der Waals surface area contributed by atoms with Crippen molar-refractivity contribution in [2.24, 2.45) is 5.92 Å². The van der Waals surface area contributed by atoms with E-state index >= 15 is 0 Å². The minimum atomic E-state index is -2.93. The number of carbonyl (C=O) groups excluding carboxylic acids is 1. The summed E-state index contributed by atoms with van der Waals surface area (Å²) in [4.78, 5) is 11.9. The molecule has 0 spiro atoms. The third kappa shape index (κ3) is 6.03. The predicted molar refractivity (Wildman–Crippen MR) is 98.6 cm³/mol. The molecule has 3 rings (SSSR count). The molecule has 2 aromatic rings. The second-order valence-electron chi connectivity index (χ2n) is 6.41. The molecule has 0 radical (unpaired) electrons. The maximum absolute atomic E-state index is 13.5. The van der Waals surface area contributed by atoms with Crippen LogP contribution in [0.2, 0.25) is 0 Å². The molecular formula is C17H20FN3O4S2. The van der Waals surface area contributed by atoms with Crippen molar-refractivity contribution in [1.29, 1.82) is 0 Å². The van der Waals surface area contributed by atoms with Gasteiger partial charge in [-0.15, -0.1) is 10.2 Å². The van der Waals surface area contributed by atoms with Crippen molar-refractivity contribution < 1.29 is 22.0 Å². The van der Waals surface area contributed by atoms with Gasteiger partial charge in [0.25, 0.3) is 5.22 Å². The van der Waals surface area contributed by atoms with Crippen LogP contribution in [-0.2, 0) is 27.5 Å². The standard InChI is InChI=1S/C17H20FN3O4S2/c18-14-4-2-1-3-13(14)5-7-19-15(22)10-26-17-21-20-16(25-17)9-12-6-8-27(23,24)11-12/h1-4,12H,5-11H2,(H,19,22)/t12-/m1/s1. The largest absolute Gasteiger partial charge is 0.416 e. The van der Waals surface area contributed by atoms with Crippen LogP contribution in [0.25, 0.3) is 0 Å². The van der Waals surface area contributed by atoms with Gasteiger partial charge in [0.2, 0.25) is 11.8 Å². The molecule has 7 nitrogen and oxygen atoms in total. The summed E-state index contributed by atoms with van der Waals surface area (Å²) >= 11 is 1.11. The van der Waals surface area contributed by atoms with Crippen molar-refractivity contribution in [3.8, 4) is 0 Å². The fourth-order valence-corrected chi connectivity index (χ4v) is 5.35. The van der Waals surface area contributed by atoms with Gasteiger partial charge in [-0.05, 0) is 30.4 Å². The molecular weight excluding hydrogens is 393 g/mol. The lowest BCUT2D eigenvalue weighted by atomic mass is 10.1. The van der Waals surface area contributed by atoms with E-state index in [0.717, 1.165) is 11.8 Å². The Morgan fingerprint density at radius 2 is 2.15 bits per heavy atom. The summed E-state index contributed by atoms with van der Waals surface area (Å²) in [6.45, 7) is 0.339. The molecule has 27 heavy (non-hydrogen) atoms. The van der Waals surface area contributed by atoms with Gasteiger partial charge in [-0.3, -0.25) is 4.79 Å². The van der Waals surface area contributed by atoms with Crippen LogP contribution in [0.1, 0.15) is 17.9 Å². The quantitative estimate of drug-likeness (QED) is 0.656. The van der Waals surface area contributed by atoms with Crippen LogP contribution in [0.15, 0.2) is 33.9 Å². The number of amides is 1. The van der Waals surface area contributed by atoms with E-state index in [1.165, 1.54) is 6.07 Å². The summed E-state index contributed by atoms with van der Waals surface area (Å²) in [5, 5.41) is 10.8. The first kappa shape index (κ1) is 19.8. The summed E-state index contributed by atoms with van der Waals surface area (Å²) in [7, 11) is -2.93. The van der Waals surface area contributed by atoms with Gasteiger partial charge in [-0.1, -0.05) is 30.0 Å². The van der Waals surface area contributed by atoms with Gasteiger partial charge in [0.05, 0.1) is 17.3 Å². The number of thioether (sulfide) groups is 1. The van der Waals surface area contributed by atoms with Gasteiger partial charge in [0.15, 0.2) is 9.84 Å². The van der Waals surface area contributed by atoms with Gasteiger partial charge in [0.1, 0.15) is 5.82 Å². The average Bonchev–Trinajstić information content (AvgIpc) is 3.21. The van der Waals surface area contributed by atoms with Crippen LogP contribution in [0.3, 0.4) is 0 Å². The van der Waals surface area contributed by atoms with E-state index in [1.54, 1.807) is 18.2 Å². The third-order valence-corrected chi connectivity index (χ3v) is 6.89. The summed E-state index contributed by atoms with van der Waals surface area (Å²) in [6, 6.07) is 6.45. The number of benzene rings is 1. The van der Waals surface area contributed by atoms with Crippen LogP contribution < -0.4 is 5.32 Å². The minimum Gasteiger partial charge on any atom is -0.416 e. The summed E-state index contributed by atoms with van der Waals surface area (Å²) in [6.07, 6.45) is 1.46. The molecule has 2 heterocycles. The van der Waals surface area contributed by atoms with E-state index in [4.69, 9.17) is 4.42 Å². The van der Waals surface area contributed by atoms with Crippen LogP contribution in [0.5, 0.6) is 0 Å². The molecule has 0 aliphatic carbocycles. The first-order valence-electron chi connectivity index (χ1n) is 8.57. The van der Waals surface area contributed by atoms with E-state index in [1.807, 2.05) is 0 Å². The SMILES string of the molecule is O=C(CSc1nnc(C[C@H]2CCS(=O)(=O)C2)o1)NCCc1ccccc1F. The maximum Gasteiger partial charge on any atom is 0.277 e. The number of halogens is 1. The van der Waals surface area contributed by atoms with Crippen molar-refractivity contribution >= 4 is 27.5 Å². The molecule has 146 valence electrons. The second-order valence-corrected chi connectivity index (χ2v) is 9.57. The number of hydrogen-bond donors (Lipinski definition) is 1. The van der Waals surface area contributed by atoms with Crippen molar-refractivity contribution in [1.82, 2.24) is 15.5 Å². The third-order valence-electron chi connectivity index (χ3n) is 4.24. The Hall–Kier alpha value is -1.94. The van der Waals surface area contributed by atoms with E-state index in [2.05, 4.69) is 15.5 Å². The fraction of sp³-hybridized carbons (Fsp3) is 0.471. The van der Waals surface area contributed by atoms with Crippen LogP contribution in [0.4, 0.5) is 4.39 Å². The number of nitrogens with one attached hydrogen (secondary N) is 1. The molecule has 1 fully saturated rings. The van der Waals surface area contributed by atoms with Gasteiger partial charge in [-0.2, -0.15) is 0 Å². The zero-order valence-electron chi connectivity index (χ0n) is 14.6. The highest BCUT2D eigenvalue weighted by atomic mass is 32.2. The van der Waals surface area contributed by atoms with E-state index < -0.39 is 9.84 Å². The van der Waals surface area contributed by atoms with Crippen molar-refractivity contribution in [2.75, 3.05) is 23.8 Å². The van der Waals surface area contributed by atoms with Gasteiger partial charge >= 0.3 is 0 Å². The topological polar surface area (TPSA) is 102 Å². The van der Waals surface area contributed by atoms with Crippen LogP contribution in [0, 0.1) is 11.7 Å². The zero-order valence-corrected chi connectivity index (χ0v) is 16.2. The smallest absolute Gasteiger partial charge is 0.277 e. The first-order valence-corrected chi connectivity index (χ1v) is 11.4. The molecule has 1 aliphatic heterocycles. The van der Waals surface area contributed by atoms with E-state index in [-0.39, 0.29) is 40.1 Å². The molecule has 1 aromatic carbocycles. The summed E-state index contributed by atoms with van der Waals surface area (Å²) < 4.78 is 41.9. The highest BCUT2D eigenvalue weighted by molar-refractivity contribution is 7.99. The number of nitrogens with zero attached hydrogens (tertiary/aromatic N) is 2. The van der Waals surface area contributed by atoms with Gasteiger partial charge < -0.3 is 9.73 Å². The number of carbonyl (C=O) groups is 1. The molecule has 1 N–H and O–H groups in total. The van der Waals surface area contributed by atoms with Gasteiger partial charge in [0, 0.05) is 13.0 Å². The molecule has 0 bridgehead atoms. The van der Waals surface area contributed by atoms with Crippen LogP contribution >= 0.6 is 11.8 Å². The average molecular weight is 413 g/mol. The van der Waals surface area contributed by atoms with Gasteiger partial charge in [-0.25, -0.2) is 12.8 Å². The molecule has 10 heteroatoms. The molecule has 0 saturated carbocycles. The first-order chi connectivity index (χ1) is 12.9. The van der Waals surface area contributed by atoms with Crippen molar-refractivity contribution in [3.05, 3.63) is 41.5 Å². The lowest BCUT2D eigenvalue weighted by molar-refractivity contribution is -0.118. The second kappa shape index (κ2) is 8.83. The number of rotatable bonds is 8. The lowest BCUT2D eigenvalue weighted by Gasteiger charge is -2.05. The number of hydrogen-bond acceptors (Lipinski definition) is 7. The molecule has 1 amide bonds. The van der Waals surface area contributed by atoms with E-state index in [0.29, 0.717) is 37.3 Å². The Morgan fingerprint density at radius 3 is 2.89 bits per heavy atom. The monoisotopic (exact) mass is 413 g/mol. The fourth-order valence-electron chi connectivity index (χ4n) is 2.88. The minimum absolute atomic E-state index is 0.00924. The highest BCUT2D eigenvalue weighted by Crippen LogP contribution is 2.23. The predicted octanol–water partition coefficient (Wildman–Crippen LogP) is 1.64.